The highest BCUT2D eigenvalue weighted by Crippen LogP contribution is 2.49. The van der Waals surface area contributed by atoms with Gasteiger partial charge in [0, 0.05) is 31.2 Å². The molecule has 0 aliphatic heterocycles. The fourth-order valence-electron chi connectivity index (χ4n) is 4.47. The minimum Gasteiger partial charge on any atom is -0.481 e. The van der Waals surface area contributed by atoms with Crippen molar-refractivity contribution in [3.05, 3.63) is 54.4 Å². The topological polar surface area (TPSA) is 107 Å². The van der Waals surface area contributed by atoms with Gasteiger partial charge in [-0.1, -0.05) is 33.8 Å². The summed E-state index contributed by atoms with van der Waals surface area (Å²) in [4.78, 5) is 35.3. The number of nitrogens with zero attached hydrogens (tertiary/aromatic N) is 3. The Bertz CT molecular complexity index is 1220. The molecule has 2 atom stereocenters. The van der Waals surface area contributed by atoms with Gasteiger partial charge in [-0.05, 0) is 60.1 Å². The first-order chi connectivity index (χ1) is 16.7. The summed E-state index contributed by atoms with van der Waals surface area (Å²) < 4.78 is 0. The average molecular weight is 476 g/mol. The van der Waals surface area contributed by atoms with Gasteiger partial charge in [-0.3, -0.25) is 14.8 Å². The van der Waals surface area contributed by atoms with E-state index in [0.717, 1.165) is 29.9 Å². The van der Waals surface area contributed by atoms with Gasteiger partial charge in [0.25, 0.3) is 0 Å². The van der Waals surface area contributed by atoms with E-state index < -0.39 is 5.97 Å². The van der Waals surface area contributed by atoms with Crippen LogP contribution in [0.4, 0.5) is 21.9 Å². The number of anilines is 3. The van der Waals surface area contributed by atoms with E-state index >= 15 is 0 Å². The zero-order valence-electron chi connectivity index (χ0n) is 20.7. The van der Waals surface area contributed by atoms with Crippen molar-refractivity contribution in [3.63, 3.8) is 0 Å². The third-order valence-corrected chi connectivity index (χ3v) is 6.04. The fourth-order valence-corrected chi connectivity index (χ4v) is 4.47. The van der Waals surface area contributed by atoms with Gasteiger partial charge in [0.05, 0.1) is 28.3 Å². The second-order valence-electron chi connectivity index (χ2n) is 10.1. The van der Waals surface area contributed by atoms with Crippen LogP contribution in [0, 0.1) is 17.8 Å². The summed E-state index contributed by atoms with van der Waals surface area (Å²) in [6.45, 7) is 10.4. The van der Waals surface area contributed by atoms with Gasteiger partial charge < -0.3 is 20.6 Å². The van der Waals surface area contributed by atoms with Crippen molar-refractivity contribution in [2.45, 2.75) is 40.0 Å². The number of aromatic nitrogens is 2. The van der Waals surface area contributed by atoms with Gasteiger partial charge in [0.15, 0.2) is 0 Å². The minimum atomic E-state index is -0.771. The summed E-state index contributed by atoms with van der Waals surface area (Å²) in [5, 5.41) is 15.3. The van der Waals surface area contributed by atoms with Crippen LogP contribution < -0.4 is 15.5 Å². The van der Waals surface area contributed by atoms with E-state index in [-0.39, 0.29) is 17.9 Å². The van der Waals surface area contributed by atoms with Crippen molar-refractivity contribution >= 4 is 40.1 Å². The number of hydrogen-bond donors (Lipinski definition) is 3. The molecule has 4 rings (SSSR count). The second-order valence-corrected chi connectivity index (χ2v) is 10.1. The number of hydrogen-bond acceptors (Lipinski definition) is 5. The number of benzene rings is 2. The Balaban J connectivity index is 1.61. The van der Waals surface area contributed by atoms with Crippen LogP contribution in [0.1, 0.15) is 45.6 Å². The number of carbonyl (C=O) groups is 2. The van der Waals surface area contributed by atoms with Gasteiger partial charge in [-0.25, -0.2) is 4.79 Å². The van der Waals surface area contributed by atoms with Crippen molar-refractivity contribution in [1.29, 1.82) is 0 Å². The lowest BCUT2D eigenvalue weighted by Gasteiger charge is -2.30. The highest BCUT2D eigenvalue weighted by Gasteiger charge is 2.44. The summed E-state index contributed by atoms with van der Waals surface area (Å²) in [6.07, 6.45) is 3.87. The second kappa shape index (κ2) is 10.3. The average Bonchev–Trinajstić information content (AvgIpc) is 3.59. The van der Waals surface area contributed by atoms with Crippen LogP contribution in [-0.2, 0) is 4.79 Å². The Labute approximate surface area is 205 Å². The highest BCUT2D eigenvalue weighted by molar-refractivity contribution is 6.02. The molecular formula is C27H33N5O3. The molecule has 35 heavy (non-hydrogen) atoms. The number of carboxylic acids is 1. The highest BCUT2D eigenvalue weighted by atomic mass is 16.4. The van der Waals surface area contributed by atoms with E-state index in [1.54, 1.807) is 24.5 Å². The Kier molecular flexibility index (Phi) is 7.19. The summed E-state index contributed by atoms with van der Waals surface area (Å²) >= 11 is 0. The molecule has 2 amide bonds. The number of carbonyl (C=O) groups excluding carboxylic acids is 1. The molecule has 1 aliphatic carbocycles. The maximum atomic E-state index is 13.0. The van der Waals surface area contributed by atoms with Crippen LogP contribution in [0.2, 0.25) is 0 Å². The number of nitrogens with one attached hydrogen (secondary N) is 2. The summed E-state index contributed by atoms with van der Waals surface area (Å²) in [5.41, 5.74) is 4.61. The maximum absolute atomic E-state index is 13.0. The number of fused-ring (bicyclic) bond motifs is 1. The number of rotatable bonds is 9. The lowest BCUT2D eigenvalue weighted by molar-refractivity contribution is -0.138. The van der Waals surface area contributed by atoms with E-state index in [9.17, 15) is 14.7 Å². The van der Waals surface area contributed by atoms with Crippen LogP contribution in [0.25, 0.3) is 11.0 Å². The molecule has 8 nitrogen and oxygen atoms in total. The van der Waals surface area contributed by atoms with Crippen molar-refractivity contribution in [2.75, 3.05) is 28.6 Å². The smallest absolute Gasteiger partial charge is 0.323 e. The Morgan fingerprint density at radius 2 is 1.66 bits per heavy atom. The molecular weight excluding hydrogens is 442 g/mol. The molecule has 1 heterocycles. The van der Waals surface area contributed by atoms with Crippen LogP contribution in [0.3, 0.4) is 0 Å². The zero-order chi connectivity index (χ0) is 25.1. The standard InChI is InChI=1S/C27H33N5O3/c1-16(2)14-32(15-17(3)4)25-8-5-18(20-13-21(20)26(33)34)11-24(25)31-27(35)30-19-6-7-22-23(12-19)29-10-9-28-22/h5-12,16-17,20-21H,13-15H2,1-4H3,(H,33,34)(H2,30,31,35)/t20-,21-/m0/s1. The molecule has 1 aliphatic rings. The Hall–Kier alpha value is -3.68. The molecule has 1 saturated carbocycles. The molecule has 1 aromatic heterocycles. The van der Waals surface area contributed by atoms with Crippen molar-refractivity contribution in [3.8, 4) is 0 Å². The molecule has 8 heteroatoms. The van der Waals surface area contributed by atoms with E-state index in [0.29, 0.717) is 35.1 Å². The first-order valence-corrected chi connectivity index (χ1v) is 12.1. The predicted octanol–water partition coefficient (Wildman–Crippen LogP) is 5.58. The molecule has 0 unspecified atom stereocenters. The lowest BCUT2D eigenvalue weighted by atomic mass is 10.0. The molecule has 2 aromatic carbocycles. The first-order valence-electron chi connectivity index (χ1n) is 12.1. The van der Waals surface area contributed by atoms with E-state index in [1.165, 1.54) is 0 Å². The summed E-state index contributed by atoms with van der Waals surface area (Å²) in [6, 6.07) is 11.0. The van der Waals surface area contributed by atoms with Crippen molar-refractivity contribution < 1.29 is 14.7 Å². The van der Waals surface area contributed by atoms with E-state index in [1.807, 2.05) is 24.3 Å². The Morgan fingerprint density at radius 3 is 2.29 bits per heavy atom. The van der Waals surface area contributed by atoms with Crippen molar-refractivity contribution in [2.24, 2.45) is 17.8 Å². The minimum absolute atomic E-state index is 0.0205. The molecule has 1 fully saturated rings. The fraction of sp³-hybridized carbons (Fsp3) is 0.407. The van der Waals surface area contributed by atoms with Gasteiger partial charge in [-0.2, -0.15) is 0 Å². The third kappa shape index (κ3) is 6.07. The molecule has 0 spiro atoms. The molecule has 0 radical (unpaired) electrons. The maximum Gasteiger partial charge on any atom is 0.323 e. The quantitative estimate of drug-likeness (QED) is 0.373. The van der Waals surface area contributed by atoms with Gasteiger partial charge in [-0.15, -0.1) is 0 Å². The van der Waals surface area contributed by atoms with Gasteiger partial charge in [0.1, 0.15) is 0 Å². The van der Waals surface area contributed by atoms with Crippen LogP contribution in [-0.4, -0.2) is 40.2 Å². The summed E-state index contributed by atoms with van der Waals surface area (Å²) in [7, 11) is 0. The zero-order valence-corrected chi connectivity index (χ0v) is 20.7. The van der Waals surface area contributed by atoms with Crippen LogP contribution >= 0.6 is 0 Å². The molecule has 3 aromatic rings. The molecule has 184 valence electrons. The first kappa shape index (κ1) is 24.4. The number of carboxylic acid groups (broad SMARTS) is 1. The molecule has 3 N–H and O–H groups in total. The lowest BCUT2D eigenvalue weighted by Crippen LogP contribution is -2.32. The number of amides is 2. The van der Waals surface area contributed by atoms with E-state index in [4.69, 9.17) is 0 Å². The van der Waals surface area contributed by atoms with Crippen molar-refractivity contribution in [1.82, 2.24) is 9.97 Å². The van der Waals surface area contributed by atoms with Gasteiger partial charge >= 0.3 is 12.0 Å². The molecule has 0 bridgehead atoms. The van der Waals surface area contributed by atoms with E-state index in [2.05, 4.69) is 53.2 Å². The van der Waals surface area contributed by atoms with Crippen LogP contribution in [0.5, 0.6) is 0 Å². The Morgan fingerprint density at radius 1 is 0.971 bits per heavy atom. The predicted molar refractivity (Wildman–Crippen MR) is 139 cm³/mol. The molecule has 0 saturated heterocycles. The SMILES string of the molecule is CC(C)CN(CC(C)C)c1ccc([C@@H]2C[C@@H]2C(=O)O)cc1NC(=O)Nc1ccc2nccnc2c1. The third-order valence-electron chi connectivity index (χ3n) is 6.04. The summed E-state index contributed by atoms with van der Waals surface area (Å²) in [5.74, 6) is -0.272. The van der Waals surface area contributed by atoms with Crippen LogP contribution in [0.15, 0.2) is 48.8 Å². The number of aliphatic carboxylic acids is 1. The van der Waals surface area contributed by atoms with Gasteiger partial charge in [0.2, 0.25) is 0 Å². The normalized spacial score (nSPS) is 17.0. The number of urea groups is 1. The monoisotopic (exact) mass is 475 g/mol. The largest absolute Gasteiger partial charge is 0.481 e.